The van der Waals surface area contributed by atoms with Crippen LogP contribution in [0.3, 0.4) is 0 Å². The summed E-state index contributed by atoms with van der Waals surface area (Å²) in [6, 6.07) is 9.59. The van der Waals surface area contributed by atoms with Gasteiger partial charge in [-0.25, -0.2) is 10.3 Å². The summed E-state index contributed by atoms with van der Waals surface area (Å²) in [5.74, 6) is 0. The molecule has 3 aromatic heterocycles. The van der Waals surface area contributed by atoms with Crippen LogP contribution in [0.5, 0.6) is 0 Å². The average Bonchev–Trinajstić information content (AvgIpc) is 3.24. The molecule has 0 bridgehead atoms. The third kappa shape index (κ3) is 3.85. The first-order valence-electron chi connectivity index (χ1n) is 8.27. The van der Waals surface area contributed by atoms with Crippen molar-refractivity contribution in [2.24, 2.45) is 0 Å². The van der Waals surface area contributed by atoms with Crippen LogP contribution in [0, 0.1) is 18.3 Å². The van der Waals surface area contributed by atoms with Crippen LogP contribution in [0.15, 0.2) is 40.7 Å². The summed E-state index contributed by atoms with van der Waals surface area (Å²) in [7, 11) is 0. The monoisotopic (exact) mass is 394 g/mol. The lowest BCUT2D eigenvalue weighted by molar-refractivity contribution is -0.473. The number of aromatic nitrogens is 2. The highest BCUT2D eigenvalue weighted by atomic mass is 32.2. The minimum atomic E-state index is -0.775. The van der Waals surface area contributed by atoms with Gasteiger partial charge < -0.3 is 5.11 Å². The topological polar surface area (TPSA) is 95.8 Å². The summed E-state index contributed by atoms with van der Waals surface area (Å²) in [5, 5.41) is 25.2. The van der Waals surface area contributed by atoms with Crippen molar-refractivity contribution in [2.75, 3.05) is 0 Å². The van der Waals surface area contributed by atoms with Crippen LogP contribution in [-0.2, 0) is 6.54 Å². The van der Waals surface area contributed by atoms with Crippen LogP contribution >= 0.6 is 23.1 Å². The number of nitriles is 1. The number of thioether (sulfide) groups is 1. The van der Waals surface area contributed by atoms with Crippen LogP contribution in [0.4, 0.5) is 0 Å². The predicted molar refractivity (Wildman–Crippen MR) is 108 cm³/mol. The van der Waals surface area contributed by atoms with Crippen LogP contribution < -0.4 is 10.3 Å². The second-order valence-electron chi connectivity index (χ2n) is 6.02. The number of aryl methyl sites for hydroxylation is 1. The zero-order valence-electron chi connectivity index (χ0n) is 14.4. The quantitative estimate of drug-likeness (QED) is 0.623. The Balaban J connectivity index is 1.56. The van der Waals surface area contributed by atoms with Gasteiger partial charge in [0.05, 0.1) is 27.2 Å². The van der Waals surface area contributed by atoms with Gasteiger partial charge in [-0.3, -0.25) is 9.98 Å². The van der Waals surface area contributed by atoms with E-state index in [0.29, 0.717) is 16.8 Å². The highest BCUT2D eigenvalue weighted by molar-refractivity contribution is 8.17. The Kier molecular flexibility index (Phi) is 4.90. The highest BCUT2D eigenvalue weighted by Gasteiger charge is 2.30. The normalized spacial score (nSPS) is 19.5. The number of aliphatic hydroxyl groups is 1. The zero-order valence-corrected chi connectivity index (χ0v) is 16.1. The minimum absolute atomic E-state index is 0.473. The zero-order chi connectivity index (χ0) is 18.8. The standard InChI is InChI=1S/C19H15N5OS2/c1-11-4-5-26-17(11)10-22-19-24-18(25)16(27-19)7-13-2-3-14-15(23-13)6-12(8-20)9-21-14/h2-7,9,18,25H,10H2,1H3,(H,22,24)/p+1/b16-7-. The van der Waals surface area contributed by atoms with Crippen molar-refractivity contribution >= 4 is 45.4 Å². The maximum absolute atomic E-state index is 10.3. The van der Waals surface area contributed by atoms with Gasteiger partial charge in [0.2, 0.25) is 6.23 Å². The van der Waals surface area contributed by atoms with Crippen molar-refractivity contribution in [3.8, 4) is 6.07 Å². The fourth-order valence-electron chi connectivity index (χ4n) is 2.65. The molecule has 8 heteroatoms. The number of amidine groups is 1. The summed E-state index contributed by atoms with van der Waals surface area (Å²) in [6.45, 7) is 2.81. The van der Waals surface area contributed by atoms with E-state index in [4.69, 9.17) is 5.26 Å². The van der Waals surface area contributed by atoms with Gasteiger partial charge in [-0.05, 0) is 48.2 Å². The molecule has 3 N–H and O–H groups in total. The molecule has 4 rings (SSSR count). The van der Waals surface area contributed by atoms with E-state index in [9.17, 15) is 5.11 Å². The number of nitrogens with one attached hydrogen (secondary N) is 2. The Morgan fingerprint density at radius 1 is 1.37 bits per heavy atom. The van der Waals surface area contributed by atoms with Crippen molar-refractivity contribution in [3.05, 3.63) is 62.4 Å². The van der Waals surface area contributed by atoms with Gasteiger partial charge in [-0.15, -0.1) is 11.3 Å². The molecule has 1 aliphatic rings. The lowest BCUT2D eigenvalue weighted by Gasteiger charge is -2.01. The molecule has 1 fully saturated rings. The highest BCUT2D eigenvalue weighted by Crippen LogP contribution is 2.27. The fourth-order valence-corrected chi connectivity index (χ4v) is 4.40. The van der Waals surface area contributed by atoms with E-state index in [1.807, 2.05) is 18.2 Å². The number of hydrogen-bond acceptors (Lipinski definition) is 6. The Labute approximate surface area is 164 Å². The van der Waals surface area contributed by atoms with Gasteiger partial charge in [-0.1, -0.05) is 0 Å². The molecule has 1 unspecified atom stereocenters. The second kappa shape index (κ2) is 7.48. The molecule has 0 radical (unpaired) electrons. The van der Waals surface area contributed by atoms with Gasteiger partial charge in [0.15, 0.2) is 0 Å². The number of thiophene rings is 1. The minimum Gasteiger partial charge on any atom is -0.351 e. The van der Waals surface area contributed by atoms with E-state index in [2.05, 4.69) is 44.7 Å². The van der Waals surface area contributed by atoms with E-state index >= 15 is 0 Å². The van der Waals surface area contributed by atoms with Crippen molar-refractivity contribution in [1.29, 1.82) is 5.26 Å². The molecule has 1 atom stereocenters. The van der Waals surface area contributed by atoms with E-state index in [0.717, 1.165) is 22.1 Å². The summed E-state index contributed by atoms with van der Waals surface area (Å²) in [4.78, 5) is 14.1. The number of pyridine rings is 2. The number of aliphatic hydroxyl groups excluding tert-OH is 1. The molecule has 6 nitrogen and oxygen atoms in total. The van der Waals surface area contributed by atoms with Crippen molar-refractivity contribution in [2.45, 2.75) is 19.7 Å². The fraction of sp³-hybridized carbons (Fsp3) is 0.158. The SMILES string of the molecule is Cc1ccsc1C[NH+]=C1NC(O)/C(=C/c2ccc3ncc(C#N)cc3n2)S1. The molecule has 3 aromatic rings. The molecule has 1 aliphatic heterocycles. The Morgan fingerprint density at radius 2 is 2.26 bits per heavy atom. The first kappa shape index (κ1) is 17.7. The molecule has 0 amide bonds. The van der Waals surface area contributed by atoms with Gasteiger partial charge >= 0.3 is 5.17 Å². The summed E-state index contributed by atoms with van der Waals surface area (Å²) in [5.41, 5.74) is 3.83. The molecule has 1 saturated heterocycles. The van der Waals surface area contributed by atoms with Gasteiger partial charge in [0.25, 0.3) is 0 Å². The molecule has 27 heavy (non-hydrogen) atoms. The molecular weight excluding hydrogens is 378 g/mol. The Morgan fingerprint density at radius 3 is 3.04 bits per heavy atom. The molecule has 134 valence electrons. The average molecular weight is 395 g/mol. The number of fused-ring (bicyclic) bond motifs is 1. The number of rotatable bonds is 3. The summed E-state index contributed by atoms with van der Waals surface area (Å²) >= 11 is 3.17. The van der Waals surface area contributed by atoms with Crippen LogP contribution in [0.1, 0.15) is 21.7 Å². The van der Waals surface area contributed by atoms with Crippen molar-refractivity contribution in [1.82, 2.24) is 15.3 Å². The molecular formula is C19H16N5OS2+. The third-order valence-corrected chi connectivity index (χ3v) is 6.18. The summed E-state index contributed by atoms with van der Waals surface area (Å²) in [6.07, 6.45) is 2.60. The maximum atomic E-state index is 10.3. The van der Waals surface area contributed by atoms with Crippen molar-refractivity contribution < 1.29 is 10.1 Å². The molecule has 0 spiro atoms. The lowest BCUT2D eigenvalue weighted by atomic mass is 10.2. The Hall–Kier alpha value is -2.73. The second-order valence-corrected chi connectivity index (χ2v) is 8.10. The predicted octanol–water partition coefficient (Wildman–Crippen LogP) is 1.50. The van der Waals surface area contributed by atoms with E-state index in [-0.39, 0.29) is 0 Å². The van der Waals surface area contributed by atoms with Gasteiger partial charge in [-0.2, -0.15) is 5.26 Å². The molecule has 0 aliphatic carbocycles. The van der Waals surface area contributed by atoms with Crippen molar-refractivity contribution in [3.63, 3.8) is 0 Å². The van der Waals surface area contributed by atoms with Crippen LogP contribution in [0.25, 0.3) is 17.1 Å². The van der Waals surface area contributed by atoms with Crippen LogP contribution in [-0.4, -0.2) is 26.5 Å². The van der Waals surface area contributed by atoms with Crippen LogP contribution in [0.2, 0.25) is 0 Å². The Bertz CT molecular complexity index is 1110. The number of hydrogen-bond donors (Lipinski definition) is 3. The number of nitrogens with zero attached hydrogens (tertiary/aromatic N) is 3. The first-order valence-corrected chi connectivity index (χ1v) is 9.97. The molecule has 0 saturated carbocycles. The third-order valence-electron chi connectivity index (χ3n) is 4.11. The van der Waals surface area contributed by atoms with E-state index in [1.54, 1.807) is 17.4 Å². The van der Waals surface area contributed by atoms with E-state index < -0.39 is 6.23 Å². The smallest absolute Gasteiger partial charge is 0.311 e. The molecule has 0 aromatic carbocycles. The lowest BCUT2D eigenvalue weighted by Crippen LogP contribution is -2.73. The van der Waals surface area contributed by atoms with Gasteiger partial charge in [0, 0.05) is 22.8 Å². The summed E-state index contributed by atoms with van der Waals surface area (Å²) < 4.78 is 0. The maximum Gasteiger partial charge on any atom is 0.311 e. The van der Waals surface area contributed by atoms with Gasteiger partial charge in [0.1, 0.15) is 12.6 Å². The molecule has 4 heterocycles. The largest absolute Gasteiger partial charge is 0.351 e. The van der Waals surface area contributed by atoms with E-state index in [1.165, 1.54) is 28.4 Å². The first-order chi connectivity index (χ1) is 13.1.